The molecule has 0 N–H and O–H groups in total. The van der Waals surface area contributed by atoms with Crippen LogP contribution in [0.1, 0.15) is 17.5 Å². The zero-order chi connectivity index (χ0) is 17.0. The molecule has 0 fully saturated rings. The molecule has 0 aliphatic heterocycles. The van der Waals surface area contributed by atoms with Crippen molar-refractivity contribution in [2.24, 2.45) is 0 Å². The van der Waals surface area contributed by atoms with Gasteiger partial charge in [0.1, 0.15) is 0 Å². The van der Waals surface area contributed by atoms with Crippen LogP contribution in [-0.2, 0) is 0 Å². The Morgan fingerprint density at radius 3 is 1.52 bits per heavy atom. The van der Waals surface area contributed by atoms with E-state index in [1.54, 1.807) is 26.0 Å². The van der Waals surface area contributed by atoms with Crippen LogP contribution in [0.5, 0.6) is 11.5 Å². The maximum absolute atomic E-state index is 13.7. The molecule has 124 valence electrons. The van der Waals surface area contributed by atoms with E-state index >= 15 is 0 Å². The molecular formula is C17H16Cl2F2O2. The summed E-state index contributed by atoms with van der Waals surface area (Å²) in [4.78, 5) is 0. The van der Waals surface area contributed by atoms with Crippen LogP contribution in [-0.4, -0.2) is 13.2 Å². The lowest BCUT2D eigenvalue weighted by Crippen LogP contribution is -2.08. The summed E-state index contributed by atoms with van der Waals surface area (Å²) in [5.41, 5.74) is 1.24. The second-order valence-corrected chi connectivity index (χ2v) is 5.99. The molecule has 6 heteroatoms. The average Bonchev–Trinajstić information content (AvgIpc) is 2.42. The van der Waals surface area contributed by atoms with Crippen molar-refractivity contribution in [3.8, 4) is 11.5 Å². The van der Waals surface area contributed by atoms with Crippen molar-refractivity contribution in [2.75, 3.05) is 13.2 Å². The molecular weight excluding hydrogens is 345 g/mol. The maximum atomic E-state index is 13.7. The Morgan fingerprint density at radius 2 is 1.17 bits per heavy atom. The van der Waals surface area contributed by atoms with Crippen LogP contribution in [0.15, 0.2) is 24.3 Å². The van der Waals surface area contributed by atoms with Crippen LogP contribution in [0, 0.1) is 25.5 Å². The third-order valence-corrected chi connectivity index (χ3v) is 3.61. The summed E-state index contributed by atoms with van der Waals surface area (Å²) in [7, 11) is 0. The minimum Gasteiger partial charge on any atom is -0.490 e. The van der Waals surface area contributed by atoms with Crippen molar-refractivity contribution < 1.29 is 18.3 Å². The number of rotatable bonds is 6. The molecule has 0 bridgehead atoms. The summed E-state index contributed by atoms with van der Waals surface area (Å²) in [5, 5.41) is 0.647. The molecule has 0 radical (unpaired) electrons. The summed E-state index contributed by atoms with van der Waals surface area (Å²) < 4.78 is 38.3. The molecule has 2 aromatic rings. The van der Waals surface area contributed by atoms with Crippen molar-refractivity contribution in [1.82, 2.24) is 0 Å². The molecule has 0 heterocycles. The number of benzene rings is 2. The van der Waals surface area contributed by atoms with E-state index < -0.39 is 11.6 Å². The van der Waals surface area contributed by atoms with E-state index in [-0.39, 0.29) is 24.7 Å². The van der Waals surface area contributed by atoms with Crippen molar-refractivity contribution in [1.29, 1.82) is 0 Å². The molecule has 0 aromatic heterocycles. The SMILES string of the molecule is Cc1cc(Cl)cc(F)c1OCCCOc1c(C)cc(Cl)cc1F. The zero-order valence-corrected chi connectivity index (χ0v) is 14.3. The van der Waals surface area contributed by atoms with Gasteiger partial charge < -0.3 is 9.47 Å². The van der Waals surface area contributed by atoms with Gasteiger partial charge in [0.15, 0.2) is 23.1 Å². The van der Waals surface area contributed by atoms with Gasteiger partial charge in [-0.05, 0) is 49.2 Å². The molecule has 2 nitrogen and oxygen atoms in total. The van der Waals surface area contributed by atoms with Crippen LogP contribution >= 0.6 is 23.2 Å². The van der Waals surface area contributed by atoms with Gasteiger partial charge in [0.2, 0.25) is 0 Å². The minimum atomic E-state index is -0.504. The monoisotopic (exact) mass is 360 g/mol. The van der Waals surface area contributed by atoms with Gasteiger partial charge in [-0.1, -0.05) is 23.2 Å². The van der Waals surface area contributed by atoms with E-state index in [0.29, 0.717) is 27.6 Å². The lowest BCUT2D eigenvalue weighted by atomic mass is 10.2. The topological polar surface area (TPSA) is 18.5 Å². The maximum Gasteiger partial charge on any atom is 0.166 e. The fourth-order valence-electron chi connectivity index (χ4n) is 2.15. The quantitative estimate of drug-likeness (QED) is 0.611. The fourth-order valence-corrected chi connectivity index (χ4v) is 2.67. The van der Waals surface area contributed by atoms with Gasteiger partial charge in [-0.15, -0.1) is 0 Å². The molecule has 0 aliphatic rings. The highest BCUT2D eigenvalue weighted by molar-refractivity contribution is 6.31. The zero-order valence-electron chi connectivity index (χ0n) is 12.8. The number of aryl methyl sites for hydroxylation is 2. The highest BCUT2D eigenvalue weighted by atomic mass is 35.5. The Bertz CT molecular complexity index is 599. The molecule has 0 spiro atoms. The van der Waals surface area contributed by atoms with Crippen molar-refractivity contribution >= 4 is 23.2 Å². The Labute approximate surface area is 143 Å². The van der Waals surface area contributed by atoms with Crippen LogP contribution in [0.3, 0.4) is 0 Å². The summed E-state index contributed by atoms with van der Waals surface area (Å²) >= 11 is 11.5. The van der Waals surface area contributed by atoms with Gasteiger partial charge in [0.05, 0.1) is 13.2 Å². The van der Waals surface area contributed by atoms with Gasteiger partial charge in [-0.2, -0.15) is 0 Å². The summed E-state index contributed by atoms with van der Waals surface area (Å²) in [6.07, 6.45) is 0.475. The molecule has 2 rings (SSSR count). The van der Waals surface area contributed by atoms with Crippen molar-refractivity contribution in [3.05, 3.63) is 57.1 Å². The normalized spacial score (nSPS) is 10.7. The van der Waals surface area contributed by atoms with Crippen LogP contribution in [0.4, 0.5) is 8.78 Å². The Morgan fingerprint density at radius 1 is 0.783 bits per heavy atom. The molecule has 0 saturated heterocycles. The molecule has 23 heavy (non-hydrogen) atoms. The predicted octanol–water partition coefficient (Wildman–Crippen LogP) is 5.74. The van der Waals surface area contributed by atoms with E-state index in [1.807, 2.05) is 0 Å². The smallest absolute Gasteiger partial charge is 0.166 e. The first-order chi connectivity index (χ1) is 10.9. The summed E-state index contributed by atoms with van der Waals surface area (Å²) in [5.74, 6) is -0.669. The Kier molecular flexibility index (Phi) is 6.08. The number of halogens is 4. The van der Waals surface area contributed by atoms with E-state index in [2.05, 4.69) is 0 Å². The first-order valence-electron chi connectivity index (χ1n) is 7.05. The van der Waals surface area contributed by atoms with Crippen LogP contribution in [0.25, 0.3) is 0 Å². The van der Waals surface area contributed by atoms with Gasteiger partial charge in [-0.3, -0.25) is 0 Å². The van der Waals surface area contributed by atoms with Crippen LogP contribution in [0.2, 0.25) is 10.0 Å². The first kappa shape index (κ1) is 17.8. The second kappa shape index (κ2) is 7.84. The van der Waals surface area contributed by atoms with Gasteiger partial charge in [-0.25, -0.2) is 8.78 Å². The number of hydrogen-bond acceptors (Lipinski definition) is 2. The average molecular weight is 361 g/mol. The summed E-state index contributed by atoms with van der Waals surface area (Å²) in [6, 6.07) is 5.66. The van der Waals surface area contributed by atoms with E-state index in [0.717, 1.165) is 0 Å². The third kappa shape index (κ3) is 4.72. The molecule has 0 aliphatic carbocycles. The highest BCUT2D eigenvalue weighted by Crippen LogP contribution is 2.27. The third-order valence-electron chi connectivity index (χ3n) is 3.17. The van der Waals surface area contributed by atoms with E-state index in [4.69, 9.17) is 32.7 Å². The minimum absolute atomic E-state index is 0.170. The van der Waals surface area contributed by atoms with Crippen molar-refractivity contribution in [2.45, 2.75) is 20.3 Å². The van der Waals surface area contributed by atoms with Gasteiger partial charge in [0.25, 0.3) is 0 Å². The largest absolute Gasteiger partial charge is 0.490 e. The fraction of sp³-hybridized carbons (Fsp3) is 0.294. The van der Waals surface area contributed by atoms with Gasteiger partial charge >= 0.3 is 0 Å². The molecule has 0 unspecified atom stereocenters. The molecule has 0 atom stereocenters. The first-order valence-corrected chi connectivity index (χ1v) is 7.81. The van der Waals surface area contributed by atoms with Gasteiger partial charge in [0, 0.05) is 16.5 Å². The second-order valence-electron chi connectivity index (χ2n) is 5.12. The predicted molar refractivity (Wildman–Crippen MR) is 87.9 cm³/mol. The molecule has 0 amide bonds. The number of hydrogen-bond donors (Lipinski definition) is 0. The standard InChI is InChI=1S/C17H16Cl2F2O2/c1-10-6-12(18)8-14(20)16(10)22-4-3-5-23-17-11(2)7-13(19)9-15(17)21/h6-9H,3-5H2,1-2H3. The Balaban J connectivity index is 1.85. The lowest BCUT2D eigenvalue weighted by Gasteiger charge is -2.12. The Hall–Kier alpha value is -1.52. The van der Waals surface area contributed by atoms with Crippen molar-refractivity contribution in [3.63, 3.8) is 0 Å². The molecule has 2 aromatic carbocycles. The highest BCUT2D eigenvalue weighted by Gasteiger charge is 2.10. The lowest BCUT2D eigenvalue weighted by molar-refractivity contribution is 0.234. The van der Waals surface area contributed by atoms with E-state index in [9.17, 15) is 8.78 Å². The van der Waals surface area contributed by atoms with Crippen LogP contribution < -0.4 is 9.47 Å². The molecule has 0 saturated carbocycles. The number of ether oxygens (including phenoxy) is 2. The van der Waals surface area contributed by atoms with E-state index in [1.165, 1.54) is 12.1 Å². The summed E-state index contributed by atoms with van der Waals surface area (Å²) in [6.45, 7) is 3.92.